The van der Waals surface area contributed by atoms with E-state index < -0.39 is 17.2 Å². The zero-order valence-corrected chi connectivity index (χ0v) is 15.5. The monoisotopic (exact) mass is 384 g/mol. The van der Waals surface area contributed by atoms with Crippen LogP contribution in [0.3, 0.4) is 0 Å². The molecule has 9 heteroatoms. The SMILES string of the molecule is COc1cccc(CNCc2c(COC(C)=O)cnc3[nH]c(=O)[nH]c(=O)c23)c1. The van der Waals surface area contributed by atoms with Crippen molar-refractivity contribution in [1.82, 2.24) is 20.3 Å². The molecule has 146 valence electrons. The third kappa shape index (κ3) is 4.44. The highest BCUT2D eigenvalue weighted by Gasteiger charge is 2.14. The summed E-state index contributed by atoms with van der Waals surface area (Å²) >= 11 is 0. The van der Waals surface area contributed by atoms with Crippen molar-refractivity contribution in [1.29, 1.82) is 0 Å². The average Bonchev–Trinajstić information content (AvgIpc) is 2.66. The second-order valence-electron chi connectivity index (χ2n) is 6.13. The number of aromatic amines is 2. The van der Waals surface area contributed by atoms with E-state index in [-0.39, 0.29) is 17.6 Å². The van der Waals surface area contributed by atoms with Crippen LogP contribution in [0.2, 0.25) is 0 Å². The predicted molar refractivity (Wildman–Crippen MR) is 102 cm³/mol. The molecule has 28 heavy (non-hydrogen) atoms. The molecule has 0 amide bonds. The Morgan fingerprint density at radius 2 is 2.04 bits per heavy atom. The number of carbonyl (C=O) groups excluding carboxylic acids is 1. The van der Waals surface area contributed by atoms with E-state index in [9.17, 15) is 14.4 Å². The maximum Gasteiger partial charge on any atom is 0.327 e. The summed E-state index contributed by atoms with van der Waals surface area (Å²) in [6.07, 6.45) is 1.49. The van der Waals surface area contributed by atoms with Crippen LogP contribution in [-0.4, -0.2) is 28.0 Å². The normalized spacial score (nSPS) is 10.8. The Morgan fingerprint density at radius 3 is 2.79 bits per heavy atom. The topological polar surface area (TPSA) is 126 Å². The number of esters is 1. The number of nitrogens with one attached hydrogen (secondary N) is 3. The van der Waals surface area contributed by atoms with Gasteiger partial charge < -0.3 is 14.8 Å². The molecule has 3 aromatic rings. The van der Waals surface area contributed by atoms with Gasteiger partial charge in [-0.15, -0.1) is 0 Å². The number of rotatable bonds is 7. The number of hydrogen-bond acceptors (Lipinski definition) is 7. The Balaban J connectivity index is 1.91. The fourth-order valence-corrected chi connectivity index (χ4v) is 2.85. The summed E-state index contributed by atoms with van der Waals surface area (Å²) in [5, 5.41) is 3.51. The molecule has 0 spiro atoms. The minimum Gasteiger partial charge on any atom is -0.497 e. The minimum atomic E-state index is -0.631. The molecule has 0 aliphatic carbocycles. The number of nitrogens with zero attached hydrogens (tertiary/aromatic N) is 1. The van der Waals surface area contributed by atoms with Gasteiger partial charge in [0.15, 0.2) is 0 Å². The van der Waals surface area contributed by atoms with Crippen LogP contribution < -0.4 is 21.3 Å². The lowest BCUT2D eigenvalue weighted by molar-refractivity contribution is -0.142. The number of carbonyl (C=O) groups is 1. The van der Waals surface area contributed by atoms with Gasteiger partial charge in [-0.1, -0.05) is 12.1 Å². The number of pyridine rings is 1. The van der Waals surface area contributed by atoms with Crippen LogP contribution in [-0.2, 0) is 29.2 Å². The first-order valence-corrected chi connectivity index (χ1v) is 8.58. The van der Waals surface area contributed by atoms with E-state index in [1.165, 1.54) is 13.1 Å². The number of hydrogen-bond donors (Lipinski definition) is 3. The zero-order valence-electron chi connectivity index (χ0n) is 15.5. The Labute approximate surface area is 159 Å². The van der Waals surface area contributed by atoms with Crippen molar-refractivity contribution >= 4 is 17.0 Å². The highest BCUT2D eigenvalue weighted by Crippen LogP contribution is 2.17. The minimum absolute atomic E-state index is 0.0208. The molecule has 0 saturated carbocycles. The van der Waals surface area contributed by atoms with Crippen molar-refractivity contribution in [2.75, 3.05) is 7.11 Å². The molecular formula is C19H20N4O5. The van der Waals surface area contributed by atoms with Gasteiger partial charge >= 0.3 is 11.7 Å². The summed E-state index contributed by atoms with van der Waals surface area (Å²) in [7, 11) is 1.60. The van der Waals surface area contributed by atoms with E-state index in [4.69, 9.17) is 9.47 Å². The quantitative estimate of drug-likeness (QED) is 0.518. The van der Waals surface area contributed by atoms with Gasteiger partial charge in [0.2, 0.25) is 0 Å². The van der Waals surface area contributed by atoms with Crippen molar-refractivity contribution in [3.63, 3.8) is 0 Å². The number of fused-ring (bicyclic) bond motifs is 1. The second kappa shape index (κ2) is 8.49. The van der Waals surface area contributed by atoms with E-state index in [1.807, 2.05) is 24.3 Å². The first-order chi connectivity index (χ1) is 13.5. The molecule has 0 aliphatic rings. The summed E-state index contributed by atoms with van der Waals surface area (Å²) in [4.78, 5) is 43.9. The molecule has 2 aromatic heterocycles. The highest BCUT2D eigenvalue weighted by atomic mass is 16.5. The molecule has 0 aliphatic heterocycles. The lowest BCUT2D eigenvalue weighted by atomic mass is 10.1. The van der Waals surface area contributed by atoms with Crippen LogP contribution in [0.5, 0.6) is 5.75 Å². The Hall–Kier alpha value is -3.46. The predicted octanol–water partition coefficient (Wildman–Crippen LogP) is 0.973. The highest BCUT2D eigenvalue weighted by molar-refractivity contribution is 5.78. The molecule has 0 atom stereocenters. The van der Waals surface area contributed by atoms with Gasteiger partial charge in [-0.2, -0.15) is 0 Å². The summed E-state index contributed by atoms with van der Waals surface area (Å²) in [5.74, 6) is 0.309. The molecule has 0 radical (unpaired) electrons. The van der Waals surface area contributed by atoms with Crippen LogP contribution in [0.15, 0.2) is 40.1 Å². The molecule has 0 fully saturated rings. The van der Waals surface area contributed by atoms with E-state index in [2.05, 4.69) is 20.3 Å². The summed E-state index contributed by atoms with van der Waals surface area (Å²) < 4.78 is 10.3. The maximum atomic E-state index is 12.4. The van der Waals surface area contributed by atoms with Gasteiger partial charge in [0.25, 0.3) is 5.56 Å². The van der Waals surface area contributed by atoms with Gasteiger partial charge in [-0.3, -0.25) is 19.6 Å². The largest absolute Gasteiger partial charge is 0.497 e. The molecule has 2 heterocycles. The maximum absolute atomic E-state index is 12.4. The lowest BCUT2D eigenvalue weighted by Gasteiger charge is -2.13. The first-order valence-electron chi connectivity index (χ1n) is 8.58. The summed E-state index contributed by atoms with van der Waals surface area (Å²) in [6.45, 7) is 2.11. The van der Waals surface area contributed by atoms with Crippen molar-refractivity contribution in [2.45, 2.75) is 26.6 Å². The van der Waals surface area contributed by atoms with Crippen molar-refractivity contribution in [3.8, 4) is 5.75 Å². The molecule has 9 nitrogen and oxygen atoms in total. The number of aromatic nitrogens is 3. The smallest absolute Gasteiger partial charge is 0.327 e. The van der Waals surface area contributed by atoms with Gasteiger partial charge in [0, 0.05) is 31.8 Å². The Bertz CT molecular complexity index is 1120. The van der Waals surface area contributed by atoms with E-state index in [0.717, 1.165) is 11.3 Å². The zero-order chi connectivity index (χ0) is 20.1. The molecule has 0 unspecified atom stereocenters. The van der Waals surface area contributed by atoms with E-state index in [1.54, 1.807) is 7.11 Å². The number of ether oxygens (including phenoxy) is 2. The van der Waals surface area contributed by atoms with Crippen LogP contribution in [0, 0.1) is 0 Å². The van der Waals surface area contributed by atoms with Gasteiger partial charge in [0.1, 0.15) is 18.0 Å². The van der Waals surface area contributed by atoms with Crippen molar-refractivity contribution < 1.29 is 14.3 Å². The molecule has 3 N–H and O–H groups in total. The third-order valence-corrected chi connectivity index (χ3v) is 4.16. The molecule has 1 aromatic carbocycles. The standard InChI is InChI=1S/C19H20N4O5/c1-11(24)28-10-13-8-21-17-16(18(25)23-19(26)22-17)15(13)9-20-7-12-4-3-5-14(6-12)27-2/h3-6,8,20H,7,9-10H2,1-2H3,(H2,21,22,23,25,26). The Morgan fingerprint density at radius 1 is 1.21 bits per heavy atom. The third-order valence-electron chi connectivity index (χ3n) is 4.16. The molecule has 0 saturated heterocycles. The fraction of sp³-hybridized carbons (Fsp3) is 0.263. The van der Waals surface area contributed by atoms with Gasteiger partial charge in [0.05, 0.1) is 12.5 Å². The first kappa shape index (κ1) is 19.3. The summed E-state index contributed by atoms with van der Waals surface area (Å²) in [6, 6.07) is 7.60. The van der Waals surface area contributed by atoms with Crippen LogP contribution in [0.1, 0.15) is 23.6 Å². The molecule has 3 rings (SSSR count). The van der Waals surface area contributed by atoms with E-state index in [0.29, 0.717) is 24.2 Å². The van der Waals surface area contributed by atoms with Gasteiger partial charge in [-0.25, -0.2) is 9.78 Å². The molecule has 0 bridgehead atoms. The van der Waals surface area contributed by atoms with Crippen LogP contribution >= 0.6 is 0 Å². The van der Waals surface area contributed by atoms with Crippen molar-refractivity contribution in [3.05, 3.63) is 68.0 Å². The molecular weight excluding hydrogens is 364 g/mol. The summed E-state index contributed by atoms with van der Waals surface area (Å²) in [5.41, 5.74) is 1.19. The average molecular weight is 384 g/mol. The second-order valence-corrected chi connectivity index (χ2v) is 6.13. The number of H-pyrrole nitrogens is 2. The fourth-order valence-electron chi connectivity index (χ4n) is 2.85. The lowest BCUT2D eigenvalue weighted by Crippen LogP contribution is -2.25. The van der Waals surface area contributed by atoms with Crippen LogP contribution in [0.25, 0.3) is 11.0 Å². The van der Waals surface area contributed by atoms with Crippen molar-refractivity contribution in [2.24, 2.45) is 0 Å². The number of benzene rings is 1. The van der Waals surface area contributed by atoms with Crippen LogP contribution in [0.4, 0.5) is 0 Å². The van der Waals surface area contributed by atoms with Gasteiger partial charge in [-0.05, 0) is 23.3 Å². The van der Waals surface area contributed by atoms with E-state index >= 15 is 0 Å². The number of methoxy groups -OCH3 is 1. The Kier molecular flexibility index (Phi) is 5.85.